The SMILES string of the molecule is CC(C)(C)C(NC(=O)c1ccc(Cl)cc1)Nc1c(Nc2ccccn2)c(=O)c1=O. The number of carbonyl (C=O) groups excluding carboxylic acids is 1. The topological polar surface area (TPSA) is 100 Å². The molecule has 0 aliphatic rings. The van der Waals surface area contributed by atoms with E-state index in [4.69, 9.17) is 11.6 Å². The number of nitrogens with zero attached hydrogens (tertiary/aromatic N) is 1. The van der Waals surface area contributed by atoms with Crippen molar-refractivity contribution in [3.8, 4) is 0 Å². The van der Waals surface area contributed by atoms with E-state index < -0.39 is 22.4 Å². The molecule has 0 fully saturated rings. The van der Waals surface area contributed by atoms with E-state index in [0.29, 0.717) is 16.4 Å². The summed E-state index contributed by atoms with van der Waals surface area (Å²) < 4.78 is 0. The Kier molecular flexibility index (Phi) is 5.70. The van der Waals surface area contributed by atoms with Gasteiger partial charge >= 0.3 is 0 Å². The van der Waals surface area contributed by atoms with Gasteiger partial charge in [-0.05, 0) is 36.4 Å². The van der Waals surface area contributed by atoms with Gasteiger partial charge in [-0.15, -0.1) is 0 Å². The smallest absolute Gasteiger partial charge is 0.253 e. The lowest BCUT2D eigenvalue weighted by atomic mass is 9.91. The van der Waals surface area contributed by atoms with Crippen molar-refractivity contribution >= 4 is 34.7 Å². The number of hydrogen-bond acceptors (Lipinski definition) is 6. The Hall–Kier alpha value is -3.19. The highest BCUT2D eigenvalue weighted by molar-refractivity contribution is 6.30. The number of amides is 1. The average molecular weight is 413 g/mol. The number of benzene rings is 1. The van der Waals surface area contributed by atoms with Gasteiger partial charge in [0.2, 0.25) is 0 Å². The minimum absolute atomic E-state index is 0.122. The van der Waals surface area contributed by atoms with E-state index in [-0.39, 0.29) is 17.3 Å². The van der Waals surface area contributed by atoms with Crippen LogP contribution in [0.3, 0.4) is 0 Å². The van der Waals surface area contributed by atoms with Gasteiger partial charge < -0.3 is 16.0 Å². The molecule has 0 saturated heterocycles. The van der Waals surface area contributed by atoms with E-state index in [0.717, 1.165) is 0 Å². The van der Waals surface area contributed by atoms with Crippen LogP contribution in [0.1, 0.15) is 31.1 Å². The van der Waals surface area contributed by atoms with Crippen LogP contribution >= 0.6 is 11.6 Å². The van der Waals surface area contributed by atoms with E-state index in [2.05, 4.69) is 20.9 Å². The van der Waals surface area contributed by atoms with Crippen LogP contribution in [0.15, 0.2) is 58.3 Å². The van der Waals surface area contributed by atoms with E-state index in [1.54, 1.807) is 48.7 Å². The molecule has 2 aromatic carbocycles. The summed E-state index contributed by atoms with van der Waals surface area (Å²) >= 11 is 5.87. The van der Waals surface area contributed by atoms with Gasteiger partial charge in [-0.2, -0.15) is 0 Å². The summed E-state index contributed by atoms with van der Waals surface area (Å²) in [7, 11) is 0. The predicted molar refractivity (Wildman–Crippen MR) is 115 cm³/mol. The van der Waals surface area contributed by atoms with Gasteiger partial charge in [0.15, 0.2) is 0 Å². The Bertz CT molecular complexity index is 1080. The lowest BCUT2D eigenvalue weighted by Crippen LogP contribution is -2.51. The Labute approximate surface area is 172 Å². The van der Waals surface area contributed by atoms with Gasteiger partial charge in [-0.25, -0.2) is 4.98 Å². The van der Waals surface area contributed by atoms with Crippen molar-refractivity contribution in [3.05, 3.63) is 79.7 Å². The highest BCUT2D eigenvalue weighted by Crippen LogP contribution is 2.25. The molecule has 1 unspecified atom stereocenters. The number of nitrogens with one attached hydrogen (secondary N) is 3. The second-order valence-corrected chi connectivity index (χ2v) is 8.11. The van der Waals surface area contributed by atoms with Gasteiger partial charge in [0.1, 0.15) is 23.4 Å². The van der Waals surface area contributed by atoms with Gasteiger partial charge in [0.05, 0.1) is 0 Å². The van der Waals surface area contributed by atoms with Crippen LogP contribution in [-0.4, -0.2) is 17.1 Å². The molecule has 1 amide bonds. The van der Waals surface area contributed by atoms with Crippen molar-refractivity contribution in [2.24, 2.45) is 5.41 Å². The molecule has 0 spiro atoms. The maximum atomic E-state index is 12.6. The van der Waals surface area contributed by atoms with Crippen LogP contribution in [-0.2, 0) is 0 Å². The summed E-state index contributed by atoms with van der Waals surface area (Å²) in [6.45, 7) is 5.72. The molecule has 1 aromatic heterocycles. The maximum absolute atomic E-state index is 12.6. The average Bonchev–Trinajstić information content (AvgIpc) is 2.69. The first-order valence-corrected chi connectivity index (χ1v) is 9.39. The predicted octanol–water partition coefficient (Wildman–Crippen LogP) is 3.29. The van der Waals surface area contributed by atoms with Gasteiger partial charge in [-0.1, -0.05) is 38.4 Å². The zero-order valence-corrected chi connectivity index (χ0v) is 17.0. The van der Waals surface area contributed by atoms with E-state index in [9.17, 15) is 14.4 Å². The monoisotopic (exact) mass is 412 g/mol. The van der Waals surface area contributed by atoms with Gasteiger partial charge in [0, 0.05) is 22.2 Å². The molecular weight excluding hydrogens is 392 g/mol. The quantitative estimate of drug-likeness (QED) is 0.424. The molecule has 3 rings (SSSR count). The molecule has 0 saturated carbocycles. The Balaban J connectivity index is 1.82. The molecule has 8 heteroatoms. The molecule has 150 valence electrons. The van der Waals surface area contributed by atoms with E-state index in [1.807, 2.05) is 20.8 Å². The van der Waals surface area contributed by atoms with Crippen molar-refractivity contribution in [1.82, 2.24) is 10.3 Å². The van der Waals surface area contributed by atoms with Crippen molar-refractivity contribution < 1.29 is 4.79 Å². The molecule has 3 N–H and O–H groups in total. The number of halogens is 1. The standard InChI is InChI=1S/C21H21ClN4O3/c1-21(2,3)20(26-19(29)12-7-9-13(22)10-8-12)25-16-15(17(27)18(16)28)24-14-6-4-5-11-23-14/h4-11,20,25H,1-3H3,(H,23,24)(H,26,29). The summed E-state index contributed by atoms with van der Waals surface area (Å²) in [5.41, 5.74) is -1.04. The third kappa shape index (κ3) is 4.63. The normalized spacial score (nSPS) is 12.4. The number of carbonyl (C=O) groups is 1. The molecule has 0 aliphatic heterocycles. The van der Waals surface area contributed by atoms with E-state index in [1.165, 1.54) is 0 Å². The van der Waals surface area contributed by atoms with Crippen LogP contribution in [0.25, 0.3) is 0 Å². The summed E-state index contributed by atoms with van der Waals surface area (Å²) in [6.07, 6.45) is 0.962. The van der Waals surface area contributed by atoms with Crippen molar-refractivity contribution in [2.75, 3.05) is 10.6 Å². The molecular formula is C21H21ClN4O3. The van der Waals surface area contributed by atoms with Gasteiger partial charge in [-0.3, -0.25) is 14.4 Å². The molecule has 29 heavy (non-hydrogen) atoms. The van der Waals surface area contributed by atoms with Crippen molar-refractivity contribution in [1.29, 1.82) is 0 Å². The lowest BCUT2D eigenvalue weighted by molar-refractivity contribution is 0.0913. The number of hydrogen-bond donors (Lipinski definition) is 3. The van der Waals surface area contributed by atoms with Crippen molar-refractivity contribution in [3.63, 3.8) is 0 Å². The van der Waals surface area contributed by atoms with Gasteiger partial charge in [0.25, 0.3) is 16.8 Å². The second kappa shape index (κ2) is 8.05. The summed E-state index contributed by atoms with van der Waals surface area (Å²) in [4.78, 5) is 40.9. The van der Waals surface area contributed by atoms with E-state index >= 15 is 0 Å². The first kappa shape index (κ1) is 20.5. The Morgan fingerprint density at radius 2 is 1.66 bits per heavy atom. The Morgan fingerprint density at radius 3 is 2.24 bits per heavy atom. The minimum atomic E-state index is -0.640. The first-order valence-electron chi connectivity index (χ1n) is 9.01. The number of anilines is 3. The fourth-order valence-corrected chi connectivity index (χ4v) is 2.77. The zero-order valence-electron chi connectivity index (χ0n) is 16.2. The van der Waals surface area contributed by atoms with Crippen LogP contribution in [0.4, 0.5) is 17.2 Å². The molecule has 1 heterocycles. The lowest BCUT2D eigenvalue weighted by Gasteiger charge is -2.33. The number of rotatable bonds is 6. The second-order valence-electron chi connectivity index (χ2n) is 7.67. The molecule has 0 aliphatic carbocycles. The molecule has 0 bridgehead atoms. The number of aromatic nitrogens is 1. The molecule has 3 aromatic rings. The molecule has 7 nitrogen and oxygen atoms in total. The van der Waals surface area contributed by atoms with Crippen LogP contribution in [0.5, 0.6) is 0 Å². The summed E-state index contributed by atoms with van der Waals surface area (Å²) in [6, 6.07) is 11.7. The third-order valence-corrected chi connectivity index (χ3v) is 4.62. The Morgan fingerprint density at radius 1 is 1.00 bits per heavy atom. The highest BCUT2D eigenvalue weighted by Gasteiger charge is 2.31. The summed E-state index contributed by atoms with van der Waals surface area (Å²) in [5.74, 6) is 0.118. The van der Waals surface area contributed by atoms with Crippen LogP contribution in [0.2, 0.25) is 5.02 Å². The molecule has 1 atom stereocenters. The minimum Gasteiger partial charge on any atom is -0.360 e. The number of pyridine rings is 1. The largest absolute Gasteiger partial charge is 0.360 e. The van der Waals surface area contributed by atoms with Crippen LogP contribution in [0, 0.1) is 5.41 Å². The fraction of sp³-hybridized carbons (Fsp3) is 0.238. The van der Waals surface area contributed by atoms with Crippen molar-refractivity contribution in [2.45, 2.75) is 26.9 Å². The maximum Gasteiger partial charge on any atom is 0.253 e. The zero-order chi connectivity index (χ0) is 21.2. The van der Waals surface area contributed by atoms with Crippen LogP contribution < -0.4 is 26.8 Å². The third-order valence-electron chi connectivity index (χ3n) is 4.36. The highest BCUT2D eigenvalue weighted by atomic mass is 35.5. The first-order chi connectivity index (χ1) is 13.7. The summed E-state index contributed by atoms with van der Waals surface area (Å²) in [5, 5.41) is 9.29. The fourth-order valence-electron chi connectivity index (χ4n) is 2.64. The molecule has 0 radical (unpaired) electrons.